The molecule has 4 aromatic heterocycles. The Bertz CT molecular complexity index is 2030. The smallest absolute Gasteiger partial charge is 0.341 e. The number of carbonyl (C=O) groups is 1. The molecule has 0 bridgehead atoms. The Morgan fingerprint density at radius 3 is 2.80 bits per heavy atom. The van der Waals surface area contributed by atoms with Gasteiger partial charge in [-0.25, -0.2) is 9.78 Å². The van der Waals surface area contributed by atoms with Crippen molar-refractivity contribution in [3.8, 4) is 17.2 Å². The van der Waals surface area contributed by atoms with E-state index in [1.165, 1.54) is 10.5 Å². The summed E-state index contributed by atoms with van der Waals surface area (Å²) in [7, 11) is 3.94. The summed E-state index contributed by atoms with van der Waals surface area (Å²) in [5.41, 5.74) is 4.62. The zero-order valence-electron chi connectivity index (χ0n) is 22.4. The van der Waals surface area contributed by atoms with Gasteiger partial charge in [0.2, 0.25) is 0 Å². The second kappa shape index (κ2) is 9.23. The van der Waals surface area contributed by atoms with Gasteiger partial charge in [0, 0.05) is 67.1 Å². The molecule has 3 N–H and O–H groups in total. The van der Waals surface area contributed by atoms with E-state index in [1.54, 1.807) is 37.6 Å². The molecule has 0 unspecified atom stereocenters. The number of aromatic nitrogens is 3. The molecule has 0 radical (unpaired) electrons. The quantitative estimate of drug-likeness (QED) is 0.291. The highest BCUT2D eigenvalue weighted by Crippen LogP contribution is 2.47. The van der Waals surface area contributed by atoms with E-state index < -0.39 is 11.5 Å². The number of nitrogens with one attached hydrogen (secondary N) is 2. The number of benzene rings is 1. The summed E-state index contributed by atoms with van der Waals surface area (Å²) >= 11 is 6.64. The van der Waals surface area contributed by atoms with Crippen LogP contribution in [0, 0.1) is 17.2 Å². The van der Waals surface area contributed by atoms with Crippen LogP contribution in [-0.2, 0) is 0 Å². The molecule has 1 aromatic carbocycles. The lowest BCUT2D eigenvalue weighted by Gasteiger charge is -2.29. The van der Waals surface area contributed by atoms with Crippen LogP contribution in [0.4, 0.5) is 11.4 Å². The van der Waals surface area contributed by atoms with Crippen LogP contribution in [0.5, 0.6) is 0 Å². The molecule has 7 rings (SSSR count). The third kappa shape index (κ3) is 3.70. The fraction of sp³-hybridized carbons (Fsp3) is 0.267. The lowest BCUT2D eigenvalue weighted by Crippen LogP contribution is -2.35. The molecule has 2 saturated heterocycles. The number of nitriles is 1. The van der Waals surface area contributed by atoms with E-state index in [4.69, 9.17) is 16.6 Å². The molecular weight excluding hydrogens is 542 g/mol. The van der Waals surface area contributed by atoms with E-state index in [0.29, 0.717) is 38.6 Å². The third-order valence-corrected chi connectivity index (χ3v) is 8.91. The monoisotopic (exact) mass is 567 g/mol. The first-order chi connectivity index (χ1) is 19.8. The first-order valence-corrected chi connectivity index (χ1v) is 13.8. The van der Waals surface area contributed by atoms with Gasteiger partial charge in [0.1, 0.15) is 17.3 Å². The summed E-state index contributed by atoms with van der Waals surface area (Å²) in [6, 6.07) is 11.0. The first-order valence-electron chi connectivity index (χ1n) is 13.4. The minimum absolute atomic E-state index is 0.268. The predicted octanol–water partition coefficient (Wildman–Crippen LogP) is 4.40. The standard InChI is InChI=1S/C30H26ClN7O3/c1-33-22-9-21(31)19(10-32)24-25-27(37-8-7-16-12-36(2)14-23(16)37)20(11-34-28(25)35-26(22)24)15-3-4-17-5-6-18(30(40)41)29(39)38(17)13-15/h3-6,9,11,13,16,23,33H,7-8,12,14H2,1-2H3,(H,34,35)(H,40,41)/t16-,23+/m0/s1. The van der Waals surface area contributed by atoms with Crippen molar-refractivity contribution in [1.29, 1.82) is 5.26 Å². The Kier molecular flexibility index (Phi) is 5.71. The molecule has 2 atom stereocenters. The van der Waals surface area contributed by atoms with Crippen molar-refractivity contribution in [2.24, 2.45) is 5.92 Å². The maximum absolute atomic E-state index is 13.1. The number of likely N-dealkylation sites (tertiary alicyclic amines) is 1. The van der Waals surface area contributed by atoms with Crippen LogP contribution in [0.2, 0.25) is 5.02 Å². The van der Waals surface area contributed by atoms with Crippen LogP contribution in [0.15, 0.2) is 47.5 Å². The largest absolute Gasteiger partial charge is 0.477 e. The number of aromatic amines is 1. The van der Waals surface area contributed by atoms with Crippen LogP contribution in [0.1, 0.15) is 22.3 Å². The van der Waals surface area contributed by atoms with Gasteiger partial charge in [-0.05, 0) is 43.7 Å². The Labute approximate surface area is 239 Å². The SMILES string of the molecule is CNc1cc(Cl)c(C#N)c2c1[nH]c1ncc(-c3ccc4ccc(C(=O)O)c(=O)n4c3)c(N3CC[C@H]4CN(C)C[C@H]43)c12. The summed E-state index contributed by atoms with van der Waals surface area (Å²) in [4.78, 5) is 37.8. The number of pyridine rings is 3. The summed E-state index contributed by atoms with van der Waals surface area (Å²) in [5.74, 6) is -0.766. The molecule has 6 heterocycles. The highest BCUT2D eigenvalue weighted by Gasteiger charge is 2.42. The molecule has 10 nitrogen and oxygen atoms in total. The summed E-state index contributed by atoms with van der Waals surface area (Å²) in [6.07, 6.45) is 4.50. The topological polar surface area (TPSA) is 130 Å². The summed E-state index contributed by atoms with van der Waals surface area (Å²) in [5, 5.41) is 24.8. The molecule has 2 aliphatic rings. The Balaban J connectivity index is 1.58. The second-order valence-electron chi connectivity index (χ2n) is 10.9. The van der Waals surface area contributed by atoms with Crippen molar-refractivity contribution in [3.05, 3.63) is 69.2 Å². The number of fused-ring (bicyclic) bond motifs is 5. The molecule has 0 spiro atoms. The number of H-pyrrole nitrogens is 1. The molecule has 41 heavy (non-hydrogen) atoms. The van der Waals surface area contributed by atoms with Gasteiger partial charge in [-0.2, -0.15) is 5.26 Å². The number of halogens is 1. The number of carboxylic acid groups (broad SMARTS) is 1. The van der Waals surface area contributed by atoms with Gasteiger partial charge in [0.15, 0.2) is 0 Å². The van der Waals surface area contributed by atoms with Crippen molar-refractivity contribution in [2.75, 3.05) is 43.9 Å². The van der Waals surface area contributed by atoms with Gasteiger partial charge in [-0.3, -0.25) is 9.20 Å². The number of hydrogen-bond acceptors (Lipinski definition) is 7. The van der Waals surface area contributed by atoms with E-state index >= 15 is 0 Å². The van der Waals surface area contributed by atoms with E-state index in [2.05, 4.69) is 33.2 Å². The average Bonchev–Trinajstić information content (AvgIpc) is 3.64. The lowest BCUT2D eigenvalue weighted by molar-refractivity contribution is 0.0694. The van der Waals surface area contributed by atoms with E-state index in [1.807, 2.05) is 6.07 Å². The molecule has 5 aromatic rings. The number of rotatable bonds is 4. The minimum atomic E-state index is -1.27. The fourth-order valence-corrected chi connectivity index (χ4v) is 7.01. The van der Waals surface area contributed by atoms with Crippen molar-refractivity contribution < 1.29 is 9.90 Å². The van der Waals surface area contributed by atoms with E-state index in [0.717, 1.165) is 53.9 Å². The Hall–Kier alpha value is -4.59. The first kappa shape index (κ1) is 25.4. The third-order valence-electron chi connectivity index (χ3n) is 8.61. The fourth-order valence-electron chi connectivity index (χ4n) is 6.76. The molecular formula is C30H26ClN7O3. The number of nitrogens with zero attached hydrogens (tertiary/aromatic N) is 5. The lowest BCUT2D eigenvalue weighted by atomic mass is 9.99. The van der Waals surface area contributed by atoms with Gasteiger partial charge >= 0.3 is 5.97 Å². The Morgan fingerprint density at radius 2 is 2.05 bits per heavy atom. The van der Waals surface area contributed by atoms with Gasteiger partial charge in [-0.15, -0.1) is 0 Å². The maximum Gasteiger partial charge on any atom is 0.341 e. The van der Waals surface area contributed by atoms with E-state index in [9.17, 15) is 20.0 Å². The predicted molar refractivity (Wildman–Crippen MR) is 159 cm³/mol. The molecule has 0 saturated carbocycles. The summed E-state index contributed by atoms with van der Waals surface area (Å²) < 4.78 is 1.37. The zero-order chi connectivity index (χ0) is 28.6. The second-order valence-corrected chi connectivity index (χ2v) is 11.3. The summed E-state index contributed by atoms with van der Waals surface area (Å²) in [6.45, 7) is 2.75. The van der Waals surface area contributed by atoms with Crippen LogP contribution in [-0.4, -0.2) is 70.1 Å². The molecule has 2 aliphatic heterocycles. The minimum Gasteiger partial charge on any atom is -0.477 e. The molecule has 206 valence electrons. The Morgan fingerprint density at radius 1 is 1.24 bits per heavy atom. The van der Waals surface area contributed by atoms with Crippen molar-refractivity contribution in [1.82, 2.24) is 19.3 Å². The maximum atomic E-state index is 13.1. The number of carboxylic acids is 1. The van der Waals surface area contributed by atoms with Crippen molar-refractivity contribution in [3.63, 3.8) is 0 Å². The van der Waals surface area contributed by atoms with Crippen LogP contribution >= 0.6 is 11.6 Å². The normalized spacial score (nSPS) is 18.8. The van der Waals surface area contributed by atoms with Crippen LogP contribution in [0.3, 0.4) is 0 Å². The van der Waals surface area contributed by atoms with Crippen LogP contribution < -0.4 is 15.8 Å². The van der Waals surface area contributed by atoms with Gasteiger partial charge in [-0.1, -0.05) is 17.7 Å². The van der Waals surface area contributed by atoms with Gasteiger partial charge in [0.25, 0.3) is 5.56 Å². The van der Waals surface area contributed by atoms with Crippen molar-refractivity contribution in [2.45, 2.75) is 12.5 Å². The number of likely N-dealkylation sites (N-methyl/N-ethyl adjacent to an activating group) is 1. The average molecular weight is 568 g/mol. The van der Waals surface area contributed by atoms with Crippen molar-refractivity contribution >= 4 is 56.4 Å². The van der Waals surface area contributed by atoms with Crippen LogP contribution in [0.25, 0.3) is 38.6 Å². The molecule has 0 amide bonds. The van der Waals surface area contributed by atoms with E-state index in [-0.39, 0.29) is 11.6 Å². The number of aromatic carboxylic acids is 1. The molecule has 2 fully saturated rings. The number of anilines is 2. The highest BCUT2D eigenvalue weighted by atomic mass is 35.5. The zero-order valence-corrected chi connectivity index (χ0v) is 23.2. The molecule has 11 heteroatoms. The van der Waals surface area contributed by atoms with Gasteiger partial charge in [0.05, 0.1) is 32.9 Å². The number of hydrogen-bond donors (Lipinski definition) is 3. The molecule has 0 aliphatic carbocycles. The van der Waals surface area contributed by atoms with Gasteiger partial charge < -0.3 is 25.2 Å². The highest BCUT2D eigenvalue weighted by molar-refractivity contribution is 6.35.